The summed E-state index contributed by atoms with van der Waals surface area (Å²) in [6.45, 7) is 3.46. The lowest BCUT2D eigenvalue weighted by Crippen LogP contribution is -2.47. The predicted octanol–water partition coefficient (Wildman–Crippen LogP) is 2.23. The molecule has 0 aromatic heterocycles. The van der Waals surface area contributed by atoms with Gasteiger partial charge in [-0.3, -0.25) is 4.79 Å². The number of ether oxygens (including phenoxy) is 3. The molecule has 0 spiro atoms. The minimum atomic E-state index is -0.648. The van der Waals surface area contributed by atoms with Crippen LogP contribution in [0.4, 0.5) is 0 Å². The zero-order valence-corrected chi connectivity index (χ0v) is 12.8. The van der Waals surface area contributed by atoms with E-state index < -0.39 is 12.4 Å². The molecular formula is C14H20ClNO4. The number of methoxy groups -OCH3 is 2. The Labute approximate surface area is 124 Å². The summed E-state index contributed by atoms with van der Waals surface area (Å²) in [4.78, 5) is 12.0. The number of benzene rings is 1. The first kappa shape index (κ1) is 16.8. The molecule has 1 aromatic rings. The third-order valence-electron chi connectivity index (χ3n) is 2.72. The lowest BCUT2D eigenvalue weighted by molar-refractivity contribution is -0.140. The first-order valence-corrected chi connectivity index (χ1v) is 6.64. The molecule has 0 aliphatic rings. The van der Waals surface area contributed by atoms with Gasteiger partial charge in [0.1, 0.15) is 5.75 Å². The average molecular weight is 302 g/mol. The lowest BCUT2D eigenvalue weighted by atomic mass is 10.2. The Bertz CT molecular complexity index is 437. The third-order valence-corrected chi connectivity index (χ3v) is 2.96. The van der Waals surface area contributed by atoms with Crippen molar-refractivity contribution in [1.82, 2.24) is 5.32 Å². The summed E-state index contributed by atoms with van der Waals surface area (Å²) in [6, 6.07) is 6.61. The van der Waals surface area contributed by atoms with Crippen LogP contribution in [0.15, 0.2) is 24.3 Å². The second kappa shape index (κ2) is 8.09. The molecule has 0 aliphatic heterocycles. The number of hydrogen-bond donors (Lipinski definition) is 1. The fourth-order valence-corrected chi connectivity index (χ4v) is 1.89. The van der Waals surface area contributed by atoms with Crippen LogP contribution in [-0.4, -0.2) is 38.6 Å². The Hall–Kier alpha value is -1.30. The Kier molecular flexibility index (Phi) is 6.78. The molecule has 0 saturated heterocycles. The smallest absolute Gasteiger partial charge is 0.261 e. The van der Waals surface area contributed by atoms with Crippen LogP contribution in [0, 0.1) is 0 Å². The second-order valence-corrected chi connectivity index (χ2v) is 4.79. The van der Waals surface area contributed by atoms with E-state index in [0.29, 0.717) is 10.8 Å². The van der Waals surface area contributed by atoms with Crippen molar-refractivity contribution in [3.8, 4) is 5.75 Å². The number of hydrogen-bond acceptors (Lipinski definition) is 4. The predicted molar refractivity (Wildman–Crippen MR) is 77.0 cm³/mol. The number of carbonyl (C=O) groups is 1. The quantitative estimate of drug-likeness (QED) is 0.785. The molecule has 0 saturated carbocycles. The van der Waals surface area contributed by atoms with E-state index in [9.17, 15) is 4.79 Å². The molecule has 1 amide bonds. The SMILES string of the molecule is COC(OC)C(C)NC(=O)C(C)Oc1cccc(Cl)c1. The lowest BCUT2D eigenvalue weighted by Gasteiger charge is -2.24. The van der Waals surface area contributed by atoms with Gasteiger partial charge in [0.2, 0.25) is 0 Å². The molecule has 6 heteroatoms. The monoisotopic (exact) mass is 301 g/mol. The average Bonchev–Trinajstić information content (AvgIpc) is 2.40. The number of halogens is 1. The van der Waals surface area contributed by atoms with Crippen LogP contribution in [-0.2, 0) is 14.3 Å². The highest BCUT2D eigenvalue weighted by Crippen LogP contribution is 2.18. The minimum Gasteiger partial charge on any atom is -0.481 e. The van der Waals surface area contributed by atoms with Gasteiger partial charge in [-0.05, 0) is 32.0 Å². The highest BCUT2D eigenvalue weighted by Gasteiger charge is 2.22. The molecule has 112 valence electrons. The van der Waals surface area contributed by atoms with Gasteiger partial charge in [-0.2, -0.15) is 0 Å². The zero-order valence-electron chi connectivity index (χ0n) is 12.1. The normalized spacial score (nSPS) is 13.9. The van der Waals surface area contributed by atoms with E-state index in [2.05, 4.69) is 5.32 Å². The van der Waals surface area contributed by atoms with Crippen molar-refractivity contribution in [1.29, 1.82) is 0 Å². The molecule has 0 radical (unpaired) electrons. The summed E-state index contributed by atoms with van der Waals surface area (Å²) in [6.07, 6.45) is -1.15. The van der Waals surface area contributed by atoms with Crippen LogP contribution in [0.3, 0.4) is 0 Å². The first-order chi connectivity index (χ1) is 9.47. The van der Waals surface area contributed by atoms with Gasteiger partial charge in [0.25, 0.3) is 5.91 Å². The molecule has 1 N–H and O–H groups in total. The summed E-state index contributed by atoms with van der Waals surface area (Å²) in [7, 11) is 3.03. The van der Waals surface area contributed by atoms with E-state index in [1.807, 2.05) is 0 Å². The topological polar surface area (TPSA) is 56.8 Å². The number of amides is 1. The van der Waals surface area contributed by atoms with Gasteiger partial charge in [0.15, 0.2) is 12.4 Å². The fourth-order valence-electron chi connectivity index (χ4n) is 1.71. The molecule has 2 atom stereocenters. The summed E-state index contributed by atoms with van der Waals surface area (Å²) in [5.41, 5.74) is 0. The van der Waals surface area contributed by atoms with E-state index in [0.717, 1.165) is 0 Å². The van der Waals surface area contributed by atoms with Crippen molar-refractivity contribution in [3.05, 3.63) is 29.3 Å². The van der Waals surface area contributed by atoms with Gasteiger partial charge in [-0.25, -0.2) is 0 Å². The molecule has 1 rings (SSSR count). The highest BCUT2D eigenvalue weighted by atomic mass is 35.5. The third kappa shape index (κ3) is 5.00. The van der Waals surface area contributed by atoms with Crippen LogP contribution >= 0.6 is 11.6 Å². The van der Waals surface area contributed by atoms with Gasteiger partial charge < -0.3 is 19.5 Å². The Morgan fingerprint density at radius 1 is 1.25 bits per heavy atom. The number of nitrogens with one attached hydrogen (secondary N) is 1. The van der Waals surface area contributed by atoms with Gasteiger partial charge in [0, 0.05) is 19.2 Å². The zero-order chi connectivity index (χ0) is 15.1. The molecule has 0 heterocycles. The molecule has 5 nitrogen and oxygen atoms in total. The van der Waals surface area contributed by atoms with Crippen LogP contribution in [0.5, 0.6) is 5.75 Å². The number of rotatable bonds is 7. The van der Waals surface area contributed by atoms with Crippen molar-refractivity contribution >= 4 is 17.5 Å². The largest absolute Gasteiger partial charge is 0.481 e. The molecule has 0 aliphatic carbocycles. The Morgan fingerprint density at radius 2 is 1.90 bits per heavy atom. The molecular weight excluding hydrogens is 282 g/mol. The first-order valence-electron chi connectivity index (χ1n) is 6.26. The maximum absolute atomic E-state index is 12.0. The molecule has 0 bridgehead atoms. The second-order valence-electron chi connectivity index (χ2n) is 4.35. The number of carbonyl (C=O) groups excluding carboxylic acids is 1. The van der Waals surface area contributed by atoms with Gasteiger partial charge in [-0.1, -0.05) is 17.7 Å². The Morgan fingerprint density at radius 3 is 2.45 bits per heavy atom. The van der Waals surface area contributed by atoms with Crippen molar-refractivity contribution in [2.24, 2.45) is 0 Å². The maximum atomic E-state index is 12.0. The van der Waals surface area contributed by atoms with Crippen molar-refractivity contribution in [2.75, 3.05) is 14.2 Å². The van der Waals surface area contributed by atoms with Crippen LogP contribution in [0.2, 0.25) is 5.02 Å². The summed E-state index contributed by atoms with van der Waals surface area (Å²) < 4.78 is 15.7. The van der Waals surface area contributed by atoms with E-state index in [1.165, 1.54) is 14.2 Å². The van der Waals surface area contributed by atoms with Gasteiger partial charge in [-0.15, -0.1) is 0 Å². The van der Waals surface area contributed by atoms with E-state index in [1.54, 1.807) is 38.1 Å². The van der Waals surface area contributed by atoms with Crippen molar-refractivity contribution < 1.29 is 19.0 Å². The summed E-state index contributed by atoms with van der Waals surface area (Å²) in [5, 5.41) is 3.33. The standard InChI is InChI=1S/C14H20ClNO4/c1-9(14(18-3)19-4)16-13(17)10(2)20-12-7-5-6-11(15)8-12/h5-10,14H,1-4H3,(H,16,17). The minimum absolute atomic E-state index is 0.253. The van der Waals surface area contributed by atoms with Crippen LogP contribution in [0.1, 0.15) is 13.8 Å². The van der Waals surface area contributed by atoms with Gasteiger partial charge in [0.05, 0.1) is 6.04 Å². The molecule has 20 heavy (non-hydrogen) atoms. The van der Waals surface area contributed by atoms with Crippen LogP contribution < -0.4 is 10.1 Å². The summed E-state index contributed by atoms with van der Waals surface area (Å²) in [5.74, 6) is 0.291. The highest BCUT2D eigenvalue weighted by molar-refractivity contribution is 6.30. The fraction of sp³-hybridized carbons (Fsp3) is 0.500. The molecule has 0 fully saturated rings. The van der Waals surface area contributed by atoms with Crippen LogP contribution in [0.25, 0.3) is 0 Å². The molecule has 2 unspecified atom stereocenters. The summed E-state index contributed by atoms with van der Waals surface area (Å²) >= 11 is 5.86. The van der Waals surface area contributed by atoms with Gasteiger partial charge >= 0.3 is 0 Å². The van der Waals surface area contributed by atoms with E-state index in [4.69, 9.17) is 25.8 Å². The van der Waals surface area contributed by atoms with Crippen molar-refractivity contribution in [3.63, 3.8) is 0 Å². The Balaban J connectivity index is 2.55. The van der Waals surface area contributed by atoms with Crippen molar-refractivity contribution in [2.45, 2.75) is 32.3 Å². The molecule has 1 aromatic carbocycles. The maximum Gasteiger partial charge on any atom is 0.261 e. The van der Waals surface area contributed by atoms with E-state index >= 15 is 0 Å². The van der Waals surface area contributed by atoms with E-state index in [-0.39, 0.29) is 11.9 Å².